The highest BCUT2D eigenvalue weighted by atomic mass is 16.3. The smallest absolute Gasteiger partial charge is 0.0869 e. The van der Waals surface area contributed by atoms with E-state index in [1.54, 1.807) is 0 Å². The monoisotopic (exact) mass is 255 g/mol. The number of nitrogens with one attached hydrogen (secondary N) is 1. The van der Waals surface area contributed by atoms with Gasteiger partial charge in [0.1, 0.15) is 0 Å². The molecule has 0 amide bonds. The number of aliphatic hydroxyl groups is 1. The molecule has 2 heterocycles. The molecule has 2 saturated heterocycles. The Morgan fingerprint density at radius 3 is 2.83 bits per heavy atom. The number of nitrogens with zero attached hydrogens (tertiary/aromatic N) is 2. The molecular weight excluding hydrogens is 226 g/mol. The summed E-state index contributed by atoms with van der Waals surface area (Å²) in [5.74, 6) is 0. The zero-order valence-electron chi connectivity index (χ0n) is 12.2. The first-order valence-electron chi connectivity index (χ1n) is 7.31. The van der Waals surface area contributed by atoms with Crippen LogP contribution < -0.4 is 5.32 Å². The van der Waals surface area contributed by atoms with Crippen molar-refractivity contribution in [3.05, 3.63) is 0 Å². The normalized spacial score (nSPS) is 32.5. The van der Waals surface area contributed by atoms with Crippen LogP contribution in [0.15, 0.2) is 0 Å². The number of hydrogen-bond acceptors (Lipinski definition) is 4. The van der Waals surface area contributed by atoms with E-state index in [1.165, 1.54) is 38.8 Å². The summed E-state index contributed by atoms with van der Waals surface area (Å²) >= 11 is 0. The van der Waals surface area contributed by atoms with E-state index in [0.717, 1.165) is 6.04 Å². The minimum absolute atomic E-state index is 0.595. The van der Waals surface area contributed by atoms with Crippen LogP contribution in [0.2, 0.25) is 0 Å². The molecule has 4 heteroatoms. The van der Waals surface area contributed by atoms with Crippen molar-refractivity contribution < 1.29 is 5.11 Å². The summed E-state index contributed by atoms with van der Waals surface area (Å²) in [4.78, 5) is 4.68. The fourth-order valence-electron chi connectivity index (χ4n) is 3.51. The average Bonchev–Trinajstić information content (AvgIpc) is 2.71. The molecule has 0 aromatic heterocycles. The van der Waals surface area contributed by atoms with Gasteiger partial charge in [-0.2, -0.15) is 0 Å². The Labute approximate surface area is 111 Å². The van der Waals surface area contributed by atoms with E-state index in [2.05, 4.69) is 10.2 Å². The largest absolute Gasteiger partial charge is 0.388 e. The molecular formula is C14H29N3O. The van der Waals surface area contributed by atoms with Gasteiger partial charge >= 0.3 is 0 Å². The standard InChI is InChI=1S/C14H29N3O/c1-14(18,11-16(2)3)10-15-12-6-8-17-7-4-5-13(17)9-12/h12-13,15,18H,4-11H2,1-3H3/t12-,13-,14+/m0/s1. The van der Waals surface area contributed by atoms with Crippen LogP contribution in [0.5, 0.6) is 0 Å². The van der Waals surface area contributed by atoms with Gasteiger partial charge in [-0.05, 0) is 59.8 Å². The van der Waals surface area contributed by atoms with E-state index in [1.807, 2.05) is 25.9 Å². The molecule has 106 valence electrons. The molecule has 4 nitrogen and oxygen atoms in total. The van der Waals surface area contributed by atoms with Crippen molar-refractivity contribution in [3.63, 3.8) is 0 Å². The minimum Gasteiger partial charge on any atom is -0.388 e. The topological polar surface area (TPSA) is 38.7 Å². The summed E-state index contributed by atoms with van der Waals surface area (Å²) in [6.07, 6.45) is 5.23. The van der Waals surface area contributed by atoms with Gasteiger partial charge in [0, 0.05) is 25.2 Å². The van der Waals surface area contributed by atoms with Gasteiger partial charge in [-0.25, -0.2) is 0 Å². The van der Waals surface area contributed by atoms with Crippen molar-refractivity contribution in [2.24, 2.45) is 0 Å². The SMILES string of the molecule is CN(C)C[C@](C)(O)CN[C@H]1CCN2CCC[C@H]2C1. The molecule has 0 aromatic rings. The van der Waals surface area contributed by atoms with Gasteiger partial charge < -0.3 is 20.2 Å². The predicted octanol–water partition coefficient (Wildman–Crippen LogP) is 0.515. The fourth-order valence-corrected chi connectivity index (χ4v) is 3.51. The summed E-state index contributed by atoms with van der Waals surface area (Å²) in [5.41, 5.74) is -0.629. The first-order valence-corrected chi connectivity index (χ1v) is 7.31. The second-order valence-corrected chi connectivity index (χ2v) is 6.67. The number of likely N-dealkylation sites (N-methyl/N-ethyl adjacent to an activating group) is 1. The van der Waals surface area contributed by atoms with Crippen molar-refractivity contribution in [1.82, 2.24) is 15.1 Å². The maximum atomic E-state index is 10.3. The molecule has 0 radical (unpaired) electrons. The van der Waals surface area contributed by atoms with Crippen LogP contribution in [-0.4, -0.2) is 72.9 Å². The lowest BCUT2D eigenvalue weighted by Gasteiger charge is -2.37. The molecule has 2 fully saturated rings. The maximum Gasteiger partial charge on any atom is 0.0869 e. The summed E-state index contributed by atoms with van der Waals surface area (Å²) < 4.78 is 0. The number of hydrogen-bond donors (Lipinski definition) is 2. The molecule has 3 atom stereocenters. The minimum atomic E-state index is -0.629. The lowest BCUT2D eigenvalue weighted by atomic mass is 9.96. The predicted molar refractivity (Wildman–Crippen MR) is 74.8 cm³/mol. The van der Waals surface area contributed by atoms with Gasteiger partial charge in [0.2, 0.25) is 0 Å². The van der Waals surface area contributed by atoms with E-state index < -0.39 is 5.60 Å². The lowest BCUT2D eigenvalue weighted by Crippen LogP contribution is -2.52. The third kappa shape index (κ3) is 3.92. The molecule has 0 spiro atoms. The van der Waals surface area contributed by atoms with Gasteiger partial charge in [-0.3, -0.25) is 0 Å². The van der Waals surface area contributed by atoms with Gasteiger partial charge in [0.05, 0.1) is 5.60 Å². The molecule has 0 aliphatic carbocycles. The summed E-state index contributed by atoms with van der Waals surface area (Å²) in [5, 5.41) is 13.9. The number of fused-ring (bicyclic) bond motifs is 1. The zero-order valence-corrected chi connectivity index (χ0v) is 12.2. The molecule has 18 heavy (non-hydrogen) atoms. The quantitative estimate of drug-likeness (QED) is 0.751. The Morgan fingerprint density at radius 2 is 2.11 bits per heavy atom. The van der Waals surface area contributed by atoms with Crippen LogP contribution in [0.3, 0.4) is 0 Å². The first kappa shape index (κ1) is 14.3. The molecule has 0 aromatic carbocycles. The molecule has 0 unspecified atom stereocenters. The highest BCUT2D eigenvalue weighted by molar-refractivity contribution is 4.90. The van der Waals surface area contributed by atoms with Crippen LogP contribution in [0, 0.1) is 0 Å². The Bertz CT molecular complexity index is 268. The van der Waals surface area contributed by atoms with Crippen molar-refractivity contribution in [2.75, 3.05) is 40.3 Å². The van der Waals surface area contributed by atoms with Gasteiger partial charge in [0.25, 0.3) is 0 Å². The van der Waals surface area contributed by atoms with Crippen LogP contribution in [0.1, 0.15) is 32.6 Å². The lowest BCUT2D eigenvalue weighted by molar-refractivity contribution is 0.0277. The van der Waals surface area contributed by atoms with Gasteiger partial charge in [-0.1, -0.05) is 0 Å². The van der Waals surface area contributed by atoms with E-state index in [4.69, 9.17) is 0 Å². The highest BCUT2D eigenvalue weighted by Crippen LogP contribution is 2.26. The van der Waals surface area contributed by atoms with Crippen molar-refractivity contribution in [1.29, 1.82) is 0 Å². The van der Waals surface area contributed by atoms with Crippen molar-refractivity contribution in [3.8, 4) is 0 Å². The molecule has 2 rings (SSSR count). The second-order valence-electron chi connectivity index (χ2n) is 6.67. The average molecular weight is 255 g/mol. The first-order chi connectivity index (χ1) is 8.46. The number of piperidine rings is 1. The number of rotatable bonds is 5. The Balaban J connectivity index is 1.73. The third-order valence-electron chi connectivity index (χ3n) is 4.25. The molecule has 2 aliphatic heterocycles. The zero-order chi connectivity index (χ0) is 13.2. The highest BCUT2D eigenvalue weighted by Gasteiger charge is 2.32. The third-order valence-corrected chi connectivity index (χ3v) is 4.25. The van der Waals surface area contributed by atoms with Crippen LogP contribution in [0.25, 0.3) is 0 Å². The van der Waals surface area contributed by atoms with Crippen LogP contribution >= 0.6 is 0 Å². The molecule has 2 aliphatic rings. The molecule has 0 bridgehead atoms. The van der Waals surface area contributed by atoms with E-state index in [-0.39, 0.29) is 0 Å². The van der Waals surface area contributed by atoms with Crippen molar-refractivity contribution >= 4 is 0 Å². The van der Waals surface area contributed by atoms with E-state index in [0.29, 0.717) is 19.1 Å². The Kier molecular flexibility index (Phi) is 4.64. The van der Waals surface area contributed by atoms with E-state index in [9.17, 15) is 5.11 Å². The van der Waals surface area contributed by atoms with Crippen molar-refractivity contribution in [2.45, 2.75) is 50.3 Å². The summed E-state index contributed by atoms with van der Waals surface area (Å²) in [6.45, 7) is 5.86. The maximum absolute atomic E-state index is 10.3. The van der Waals surface area contributed by atoms with Gasteiger partial charge in [0.15, 0.2) is 0 Å². The molecule has 2 N–H and O–H groups in total. The summed E-state index contributed by atoms with van der Waals surface area (Å²) in [7, 11) is 4.01. The van der Waals surface area contributed by atoms with E-state index >= 15 is 0 Å². The van der Waals surface area contributed by atoms with Gasteiger partial charge in [-0.15, -0.1) is 0 Å². The van der Waals surface area contributed by atoms with Crippen LogP contribution in [0.4, 0.5) is 0 Å². The van der Waals surface area contributed by atoms with Crippen LogP contribution in [-0.2, 0) is 0 Å². The second kappa shape index (κ2) is 5.87. The molecule has 0 saturated carbocycles. The Hall–Kier alpha value is -0.160. The Morgan fingerprint density at radius 1 is 1.33 bits per heavy atom. The fraction of sp³-hybridized carbons (Fsp3) is 1.00. The summed E-state index contributed by atoms with van der Waals surface area (Å²) in [6, 6.07) is 1.40.